The molecule has 0 atom stereocenters. The van der Waals surface area contributed by atoms with Crippen LogP contribution in [0.15, 0.2) is 99.4 Å². The Bertz CT molecular complexity index is 1530. The Hall–Kier alpha value is -3.55. The summed E-state index contributed by atoms with van der Waals surface area (Å²) in [6, 6.07) is 25.8. The summed E-state index contributed by atoms with van der Waals surface area (Å²) in [6.07, 6.45) is 2.20. The van der Waals surface area contributed by atoms with Crippen molar-refractivity contribution in [2.75, 3.05) is 4.90 Å². The zero-order valence-electron chi connectivity index (χ0n) is 18.3. The molecule has 5 nitrogen and oxygen atoms in total. The monoisotopic (exact) mass is 588 g/mol. The fourth-order valence-electron chi connectivity index (χ4n) is 4.14. The van der Waals surface area contributed by atoms with Gasteiger partial charge < -0.3 is 0 Å². The van der Waals surface area contributed by atoms with Crippen molar-refractivity contribution in [2.24, 2.45) is 0 Å². The average Bonchev–Trinajstić information content (AvgIpc) is 2.85. The van der Waals surface area contributed by atoms with E-state index < -0.39 is 17.8 Å². The third kappa shape index (κ3) is 4.57. The molecule has 172 valence electrons. The maximum Gasteiger partial charge on any atom is 0.335 e. The van der Waals surface area contributed by atoms with Crippen LogP contribution in [0.4, 0.5) is 10.5 Å². The second-order valence-electron chi connectivity index (χ2n) is 8.06. The van der Waals surface area contributed by atoms with Gasteiger partial charge in [-0.05, 0) is 70.3 Å². The number of imide groups is 2. The highest BCUT2D eigenvalue weighted by atomic mass is 79.9. The number of barbiturate groups is 1. The molecule has 4 aromatic carbocycles. The van der Waals surface area contributed by atoms with Gasteiger partial charge in [0.1, 0.15) is 5.57 Å². The maximum atomic E-state index is 13.5. The number of hydrogen-bond acceptors (Lipinski definition) is 3. The van der Waals surface area contributed by atoms with Crippen LogP contribution < -0.4 is 10.2 Å². The Morgan fingerprint density at radius 2 is 1.49 bits per heavy atom. The van der Waals surface area contributed by atoms with Crippen LogP contribution in [-0.2, 0) is 16.0 Å². The summed E-state index contributed by atoms with van der Waals surface area (Å²) < 4.78 is 1.79. The maximum absolute atomic E-state index is 13.5. The highest BCUT2D eigenvalue weighted by molar-refractivity contribution is 9.10. The number of nitrogens with one attached hydrogen (secondary N) is 1. The van der Waals surface area contributed by atoms with Crippen molar-refractivity contribution in [3.8, 4) is 0 Å². The molecule has 5 rings (SSSR count). The number of anilines is 1. The molecule has 1 heterocycles. The highest BCUT2D eigenvalue weighted by Crippen LogP contribution is 2.30. The van der Waals surface area contributed by atoms with E-state index in [-0.39, 0.29) is 5.57 Å². The molecule has 0 spiro atoms. The molecule has 7 heteroatoms. The van der Waals surface area contributed by atoms with Gasteiger partial charge in [0.25, 0.3) is 11.8 Å². The molecule has 0 radical (unpaired) electrons. The summed E-state index contributed by atoms with van der Waals surface area (Å²) in [5.41, 5.74) is 3.07. The smallest absolute Gasteiger partial charge is 0.273 e. The largest absolute Gasteiger partial charge is 0.335 e. The SMILES string of the molecule is O=C1NC(=O)N(c2ccc(Br)cc2)C(=O)/C1=C/c1c(Cc2ccccc2Br)ccc2ccccc12. The molecule has 4 aromatic rings. The first-order valence-electron chi connectivity index (χ1n) is 10.8. The Morgan fingerprint density at radius 3 is 2.26 bits per heavy atom. The van der Waals surface area contributed by atoms with Crippen molar-refractivity contribution < 1.29 is 14.4 Å². The Balaban J connectivity index is 1.65. The van der Waals surface area contributed by atoms with Crippen LogP contribution >= 0.6 is 31.9 Å². The minimum absolute atomic E-state index is 0.0998. The summed E-state index contributed by atoms with van der Waals surface area (Å²) in [6.45, 7) is 0. The number of fused-ring (bicyclic) bond motifs is 1. The molecule has 35 heavy (non-hydrogen) atoms. The van der Waals surface area contributed by atoms with Crippen LogP contribution in [0.25, 0.3) is 16.8 Å². The predicted molar refractivity (Wildman–Crippen MR) is 144 cm³/mol. The molecular weight excluding hydrogens is 572 g/mol. The van der Waals surface area contributed by atoms with E-state index in [0.717, 1.165) is 41.3 Å². The minimum Gasteiger partial charge on any atom is -0.273 e. The lowest BCUT2D eigenvalue weighted by atomic mass is 9.92. The van der Waals surface area contributed by atoms with Gasteiger partial charge in [-0.3, -0.25) is 14.9 Å². The van der Waals surface area contributed by atoms with Gasteiger partial charge in [-0.2, -0.15) is 0 Å². The van der Waals surface area contributed by atoms with Crippen molar-refractivity contribution in [2.45, 2.75) is 6.42 Å². The van der Waals surface area contributed by atoms with Crippen LogP contribution in [0.1, 0.15) is 16.7 Å². The lowest BCUT2D eigenvalue weighted by Crippen LogP contribution is -2.54. The summed E-state index contributed by atoms with van der Waals surface area (Å²) in [4.78, 5) is 39.9. The van der Waals surface area contributed by atoms with Crippen molar-refractivity contribution in [1.29, 1.82) is 0 Å². The van der Waals surface area contributed by atoms with Crippen LogP contribution in [0.3, 0.4) is 0 Å². The molecule has 0 aromatic heterocycles. The summed E-state index contributed by atoms with van der Waals surface area (Å²) in [5, 5.41) is 4.21. The second-order valence-corrected chi connectivity index (χ2v) is 9.83. The van der Waals surface area contributed by atoms with E-state index in [1.165, 1.54) is 0 Å². The van der Waals surface area contributed by atoms with Gasteiger partial charge in [-0.1, -0.05) is 86.5 Å². The van der Waals surface area contributed by atoms with Gasteiger partial charge >= 0.3 is 6.03 Å². The van der Waals surface area contributed by atoms with Gasteiger partial charge in [0.2, 0.25) is 0 Å². The number of carbonyl (C=O) groups excluding carboxylic acids is 3. The van der Waals surface area contributed by atoms with Gasteiger partial charge in [0.15, 0.2) is 0 Å². The molecule has 1 aliphatic rings. The number of urea groups is 1. The summed E-state index contributed by atoms with van der Waals surface area (Å²) >= 11 is 6.97. The Labute approximate surface area is 218 Å². The van der Waals surface area contributed by atoms with Crippen LogP contribution in [0.5, 0.6) is 0 Å². The average molecular weight is 590 g/mol. The standard InChI is InChI=1S/C28H18Br2N2O3/c29-20-11-13-21(14-12-20)32-27(34)24(26(33)31-28(32)35)16-23-18(15-19-6-2-4-8-25(19)30)10-9-17-5-1-3-7-22(17)23/h1-14,16H,15H2,(H,31,33,35)/b24-16+. The van der Waals surface area contributed by atoms with Gasteiger partial charge in [0.05, 0.1) is 5.69 Å². The van der Waals surface area contributed by atoms with E-state index in [1.807, 2.05) is 60.7 Å². The molecule has 1 saturated heterocycles. The predicted octanol–water partition coefficient (Wildman–Crippen LogP) is 6.62. The molecule has 4 amide bonds. The third-order valence-corrected chi connectivity index (χ3v) is 7.18. The Morgan fingerprint density at radius 1 is 0.771 bits per heavy atom. The number of amides is 4. The van der Waals surface area contributed by atoms with Crippen molar-refractivity contribution in [3.05, 3.63) is 116 Å². The first kappa shape index (κ1) is 23.2. The lowest BCUT2D eigenvalue weighted by Gasteiger charge is -2.26. The molecule has 1 aliphatic heterocycles. The quantitative estimate of drug-likeness (QED) is 0.215. The van der Waals surface area contributed by atoms with E-state index in [1.54, 1.807) is 30.3 Å². The number of halogens is 2. The molecule has 0 unspecified atom stereocenters. The van der Waals surface area contributed by atoms with E-state index in [0.29, 0.717) is 12.1 Å². The highest BCUT2D eigenvalue weighted by Gasteiger charge is 2.37. The number of benzene rings is 4. The minimum atomic E-state index is -0.772. The van der Waals surface area contributed by atoms with Crippen LogP contribution in [0, 0.1) is 0 Å². The van der Waals surface area contributed by atoms with Gasteiger partial charge in [-0.25, -0.2) is 9.69 Å². The van der Waals surface area contributed by atoms with E-state index in [9.17, 15) is 14.4 Å². The summed E-state index contributed by atoms with van der Waals surface area (Å²) in [5.74, 6) is -1.38. The van der Waals surface area contributed by atoms with Crippen LogP contribution in [0.2, 0.25) is 0 Å². The van der Waals surface area contributed by atoms with Gasteiger partial charge in [-0.15, -0.1) is 0 Å². The van der Waals surface area contributed by atoms with Gasteiger partial charge in [0, 0.05) is 8.95 Å². The van der Waals surface area contributed by atoms with E-state index >= 15 is 0 Å². The molecule has 0 saturated carbocycles. The molecular formula is C28H18Br2N2O3. The Kier molecular flexibility index (Phi) is 6.36. The molecule has 1 fully saturated rings. The first-order chi connectivity index (χ1) is 16.9. The number of hydrogen-bond donors (Lipinski definition) is 1. The van der Waals surface area contributed by atoms with Crippen LogP contribution in [-0.4, -0.2) is 17.8 Å². The fourth-order valence-corrected chi connectivity index (χ4v) is 4.83. The summed E-state index contributed by atoms with van der Waals surface area (Å²) in [7, 11) is 0. The van der Waals surface area contributed by atoms with E-state index in [2.05, 4.69) is 37.2 Å². The fraction of sp³-hybridized carbons (Fsp3) is 0.0357. The second kappa shape index (κ2) is 9.60. The third-order valence-electron chi connectivity index (χ3n) is 5.87. The topological polar surface area (TPSA) is 66.5 Å². The molecule has 1 N–H and O–H groups in total. The number of carbonyl (C=O) groups is 3. The molecule has 0 bridgehead atoms. The number of nitrogens with zero attached hydrogens (tertiary/aromatic N) is 1. The first-order valence-corrected chi connectivity index (χ1v) is 12.4. The zero-order chi connectivity index (χ0) is 24.5. The molecule has 0 aliphatic carbocycles. The zero-order valence-corrected chi connectivity index (χ0v) is 21.5. The lowest BCUT2D eigenvalue weighted by molar-refractivity contribution is -0.122. The van der Waals surface area contributed by atoms with Crippen molar-refractivity contribution in [1.82, 2.24) is 5.32 Å². The van der Waals surface area contributed by atoms with Crippen molar-refractivity contribution in [3.63, 3.8) is 0 Å². The van der Waals surface area contributed by atoms with Crippen molar-refractivity contribution >= 4 is 72.2 Å². The normalized spacial score (nSPS) is 15.1. The van der Waals surface area contributed by atoms with E-state index in [4.69, 9.17) is 0 Å². The number of rotatable bonds is 4.